The third-order valence-electron chi connectivity index (χ3n) is 2.69. The van der Waals surface area contributed by atoms with Gasteiger partial charge in [0, 0.05) is 18.7 Å². The van der Waals surface area contributed by atoms with E-state index in [1.54, 1.807) is 18.1 Å². The zero-order valence-electron chi connectivity index (χ0n) is 9.64. The van der Waals surface area contributed by atoms with Crippen LogP contribution in [0.1, 0.15) is 19.8 Å². The molecule has 0 spiro atoms. The highest BCUT2D eigenvalue weighted by molar-refractivity contribution is 7.98. The Morgan fingerprint density at radius 3 is 3.12 bits per heavy atom. The van der Waals surface area contributed by atoms with Crippen LogP contribution >= 0.6 is 11.8 Å². The molecular formula is C11H17N3OS. The first-order chi connectivity index (χ1) is 7.78. The smallest absolute Gasteiger partial charge is 0.130 e. The molecule has 1 saturated heterocycles. The summed E-state index contributed by atoms with van der Waals surface area (Å²) < 4.78 is 5.51. The van der Waals surface area contributed by atoms with Gasteiger partial charge in [0.25, 0.3) is 0 Å². The van der Waals surface area contributed by atoms with Gasteiger partial charge in [-0.2, -0.15) is 0 Å². The van der Waals surface area contributed by atoms with E-state index in [9.17, 15) is 0 Å². The highest BCUT2D eigenvalue weighted by atomic mass is 32.2. The number of nitrogens with zero attached hydrogens (tertiary/aromatic N) is 2. The Bertz CT molecular complexity index is 348. The molecule has 1 N–H and O–H groups in total. The van der Waals surface area contributed by atoms with Crippen molar-refractivity contribution in [2.75, 3.05) is 18.2 Å². The maximum absolute atomic E-state index is 5.51. The number of hydrogen-bond donors (Lipinski definition) is 1. The van der Waals surface area contributed by atoms with Gasteiger partial charge in [0.2, 0.25) is 0 Å². The average Bonchev–Trinajstić information content (AvgIpc) is 2.29. The summed E-state index contributed by atoms with van der Waals surface area (Å²) >= 11 is 1.63. The molecule has 2 unspecified atom stereocenters. The molecule has 2 atom stereocenters. The molecule has 0 amide bonds. The van der Waals surface area contributed by atoms with Crippen LogP contribution in [0.5, 0.6) is 0 Å². The van der Waals surface area contributed by atoms with E-state index < -0.39 is 0 Å². The first-order valence-electron chi connectivity index (χ1n) is 5.52. The third-order valence-corrected chi connectivity index (χ3v) is 3.33. The van der Waals surface area contributed by atoms with Crippen LogP contribution in [-0.2, 0) is 4.74 Å². The molecule has 5 heteroatoms. The van der Waals surface area contributed by atoms with Crippen LogP contribution in [0.2, 0.25) is 0 Å². The van der Waals surface area contributed by atoms with Crippen LogP contribution in [0.3, 0.4) is 0 Å². The van der Waals surface area contributed by atoms with E-state index in [-0.39, 0.29) is 0 Å². The second-order valence-corrected chi connectivity index (χ2v) is 4.82. The Morgan fingerprint density at radius 2 is 2.38 bits per heavy atom. The molecule has 1 aliphatic rings. The van der Waals surface area contributed by atoms with Gasteiger partial charge in [-0.05, 0) is 26.0 Å². The molecule has 0 saturated carbocycles. The van der Waals surface area contributed by atoms with Crippen molar-refractivity contribution < 1.29 is 4.74 Å². The number of aromatic nitrogens is 2. The van der Waals surface area contributed by atoms with Crippen LogP contribution in [0.25, 0.3) is 0 Å². The second kappa shape index (κ2) is 5.50. The van der Waals surface area contributed by atoms with Gasteiger partial charge >= 0.3 is 0 Å². The third kappa shape index (κ3) is 3.09. The molecule has 16 heavy (non-hydrogen) atoms. The Balaban J connectivity index is 1.97. The normalized spacial score (nSPS) is 25.4. The minimum Gasteiger partial charge on any atom is -0.378 e. The van der Waals surface area contributed by atoms with E-state index in [1.807, 2.05) is 12.3 Å². The van der Waals surface area contributed by atoms with E-state index in [0.29, 0.717) is 12.1 Å². The predicted molar refractivity (Wildman–Crippen MR) is 65.9 cm³/mol. The minimum absolute atomic E-state index is 0.341. The SMILES string of the molecule is CSc1cc(NC2CCOC(C)C2)ncn1. The van der Waals surface area contributed by atoms with E-state index in [2.05, 4.69) is 22.2 Å². The predicted octanol–water partition coefficient (Wildman–Crippen LogP) is 2.18. The molecule has 1 fully saturated rings. The van der Waals surface area contributed by atoms with E-state index in [0.717, 1.165) is 30.3 Å². The summed E-state index contributed by atoms with van der Waals surface area (Å²) in [5.74, 6) is 0.915. The van der Waals surface area contributed by atoms with Crippen molar-refractivity contribution in [3.63, 3.8) is 0 Å². The number of ether oxygens (including phenoxy) is 1. The Kier molecular flexibility index (Phi) is 4.01. The lowest BCUT2D eigenvalue weighted by atomic mass is 10.0. The minimum atomic E-state index is 0.341. The summed E-state index contributed by atoms with van der Waals surface area (Å²) in [6.07, 6.45) is 6.05. The van der Waals surface area contributed by atoms with Crippen molar-refractivity contribution in [3.8, 4) is 0 Å². The molecule has 1 aromatic heterocycles. The van der Waals surface area contributed by atoms with E-state index in [4.69, 9.17) is 4.74 Å². The standard InChI is InChI=1S/C11H17N3OS/c1-8-5-9(3-4-15-8)14-10-6-11(16-2)13-7-12-10/h6-9H,3-5H2,1-2H3,(H,12,13,14). The highest BCUT2D eigenvalue weighted by Crippen LogP contribution is 2.19. The largest absolute Gasteiger partial charge is 0.378 e. The number of rotatable bonds is 3. The van der Waals surface area contributed by atoms with Crippen molar-refractivity contribution in [3.05, 3.63) is 12.4 Å². The summed E-state index contributed by atoms with van der Waals surface area (Å²) in [6, 6.07) is 2.46. The lowest BCUT2D eigenvalue weighted by molar-refractivity contribution is 0.0232. The zero-order valence-corrected chi connectivity index (χ0v) is 10.5. The average molecular weight is 239 g/mol. The van der Waals surface area contributed by atoms with Crippen LogP contribution in [0.15, 0.2) is 17.4 Å². The monoisotopic (exact) mass is 239 g/mol. The molecule has 88 valence electrons. The number of thioether (sulfide) groups is 1. The van der Waals surface area contributed by atoms with Gasteiger partial charge in [0.05, 0.1) is 6.10 Å². The van der Waals surface area contributed by atoms with E-state index in [1.165, 1.54) is 0 Å². The number of hydrogen-bond acceptors (Lipinski definition) is 5. The maximum atomic E-state index is 5.51. The molecule has 0 aliphatic carbocycles. The highest BCUT2D eigenvalue weighted by Gasteiger charge is 2.19. The zero-order chi connectivity index (χ0) is 11.4. The van der Waals surface area contributed by atoms with Gasteiger partial charge in [-0.1, -0.05) is 0 Å². The fourth-order valence-electron chi connectivity index (χ4n) is 1.87. The molecule has 0 bridgehead atoms. The first kappa shape index (κ1) is 11.7. The molecule has 4 nitrogen and oxygen atoms in total. The molecule has 1 aliphatic heterocycles. The number of nitrogens with one attached hydrogen (secondary N) is 1. The van der Waals surface area contributed by atoms with Gasteiger partial charge in [0.15, 0.2) is 0 Å². The van der Waals surface area contributed by atoms with Crippen molar-refractivity contribution in [1.82, 2.24) is 9.97 Å². The summed E-state index contributed by atoms with van der Waals surface area (Å²) in [4.78, 5) is 8.38. The van der Waals surface area contributed by atoms with Crippen LogP contribution in [0.4, 0.5) is 5.82 Å². The molecule has 0 aromatic carbocycles. The lowest BCUT2D eigenvalue weighted by Crippen LogP contribution is -2.32. The van der Waals surface area contributed by atoms with Gasteiger partial charge in [-0.25, -0.2) is 9.97 Å². The Hall–Kier alpha value is -0.810. The quantitative estimate of drug-likeness (QED) is 0.647. The molecule has 2 rings (SSSR count). The second-order valence-electron chi connectivity index (χ2n) is 3.99. The van der Waals surface area contributed by atoms with Crippen molar-refractivity contribution in [2.24, 2.45) is 0 Å². The molecular weight excluding hydrogens is 222 g/mol. The van der Waals surface area contributed by atoms with Gasteiger partial charge in [-0.3, -0.25) is 0 Å². The van der Waals surface area contributed by atoms with Crippen molar-refractivity contribution in [1.29, 1.82) is 0 Å². The fourth-order valence-corrected chi connectivity index (χ4v) is 2.25. The summed E-state index contributed by atoms with van der Waals surface area (Å²) in [5, 5.41) is 4.44. The fraction of sp³-hybridized carbons (Fsp3) is 0.636. The summed E-state index contributed by atoms with van der Waals surface area (Å²) in [6.45, 7) is 2.94. The molecule has 2 heterocycles. The van der Waals surface area contributed by atoms with Crippen LogP contribution < -0.4 is 5.32 Å². The van der Waals surface area contributed by atoms with E-state index >= 15 is 0 Å². The van der Waals surface area contributed by atoms with Crippen molar-refractivity contribution in [2.45, 2.75) is 36.9 Å². The summed E-state index contributed by atoms with van der Waals surface area (Å²) in [5.41, 5.74) is 0. The van der Waals surface area contributed by atoms with Gasteiger partial charge in [-0.15, -0.1) is 11.8 Å². The maximum Gasteiger partial charge on any atom is 0.130 e. The Labute approximate surface area is 100 Å². The number of anilines is 1. The van der Waals surface area contributed by atoms with Crippen molar-refractivity contribution >= 4 is 17.6 Å². The topological polar surface area (TPSA) is 47.0 Å². The van der Waals surface area contributed by atoms with Crippen LogP contribution in [-0.4, -0.2) is 35.0 Å². The Morgan fingerprint density at radius 1 is 1.50 bits per heavy atom. The molecule has 0 radical (unpaired) electrons. The van der Waals surface area contributed by atoms with Crippen LogP contribution in [0, 0.1) is 0 Å². The first-order valence-corrected chi connectivity index (χ1v) is 6.74. The van der Waals surface area contributed by atoms with Gasteiger partial charge < -0.3 is 10.1 Å². The van der Waals surface area contributed by atoms with Gasteiger partial charge in [0.1, 0.15) is 17.2 Å². The lowest BCUT2D eigenvalue weighted by Gasteiger charge is -2.28. The molecule has 1 aromatic rings. The summed E-state index contributed by atoms with van der Waals surface area (Å²) in [7, 11) is 0.